The van der Waals surface area contributed by atoms with Crippen molar-refractivity contribution in [2.75, 3.05) is 13.1 Å². The van der Waals surface area contributed by atoms with Crippen LogP contribution in [0, 0.1) is 0 Å². The second-order valence-corrected chi connectivity index (χ2v) is 10.8. The van der Waals surface area contributed by atoms with Crippen LogP contribution in [0.15, 0.2) is 36.0 Å². The van der Waals surface area contributed by atoms with Gasteiger partial charge in [0.1, 0.15) is 11.2 Å². The highest BCUT2D eigenvalue weighted by Gasteiger charge is 2.39. The van der Waals surface area contributed by atoms with E-state index in [9.17, 15) is 9.59 Å². The van der Waals surface area contributed by atoms with E-state index in [1.165, 1.54) is 27.8 Å². The summed E-state index contributed by atoms with van der Waals surface area (Å²) < 4.78 is 0. The maximum Gasteiger partial charge on any atom is 0.243 e. The van der Waals surface area contributed by atoms with Crippen LogP contribution in [0.3, 0.4) is 0 Å². The fourth-order valence-corrected chi connectivity index (χ4v) is 6.93. The number of nitrogens with zero attached hydrogens (tertiary/aromatic N) is 4. The summed E-state index contributed by atoms with van der Waals surface area (Å²) in [6.07, 6.45) is 4.83. The van der Waals surface area contributed by atoms with Gasteiger partial charge in [0.2, 0.25) is 11.8 Å². The Morgan fingerprint density at radius 2 is 1.97 bits per heavy atom. The standard InChI is InChI=1S/C25H27N5O2S2/c31-21-5-4-20(23(32)28-21)30-13-19-16(2-1-3-17(19)25(30)33)12-29-9-6-15(7-10-29)22-18-8-11-34-24(18)27-14-26-22/h1-3,8,11,14-15,20,25,33H,4-7,9-10,12-13H2,(H,28,31,32). The van der Waals surface area contributed by atoms with Gasteiger partial charge >= 0.3 is 0 Å². The maximum absolute atomic E-state index is 12.5. The smallest absolute Gasteiger partial charge is 0.243 e. The Kier molecular flexibility index (Phi) is 5.89. The van der Waals surface area contributed by atoms with Gasteiger partial charge < -0.3 is 0 Å². The van der Waals surface area contributed by atoms with Gasteiger partial charge in [0, 0.05) is 30.8 Å². The molecule has 176 valence electrons. The molecule has 2 atom stereocenters. The highest BCUT2D eigenvalue weighted by atomic mass is 32.1. The highest BCUT2D eigenvalue weighted by molar-refractivity contribution is 7.80. The van der Waals surface area contributed by atoms with E-state index in [-0.39, 0.29) is 23.2 Å². The van der Waals surface area contributed by atoms with E-state index >= 15 is 0 Å². The molecule has 0 radical (unpaired) electrons. The first-order valence-corrected chi connectivity index (χ1v) is 13.3. The first-order valence-electron chi connectivity index (χ1n) is 11.9. The average Bonchev–Trinajstić information content (AvgIpc) is 3.45. The van der Waals surface area contributed by atoms with Crippen molar-refractivity contribution < 1.29 is 9.59 Å². The lowest BCUT2D eigenvalue weighted by Gasteiger charge is -2.32. The van der Waals surface area contributed by atoms with Crippen molar-refractivity contribution in [3.05, 3.63) is 58.4 Å². The summed E-state index contributed by atoms with van der Waals surface area (Å²) in [5.41, 5.74) is 4.97. The molecular weight excluding hydrogens is 466 g/mol. The lowest BCUT2D eigenvalue weighted by Crippen LogP contribution is -2.51. The molecule has 9 heteroatoms. The van der Waals surface area contributed by atoms with Gasteiger partial charge in [0.05, 0.1) is 17.1 Å². The average molecular weight is 494 g/mol. The molecule has 1 N–H and O–H groups in total. The van der Waals surface area contributed by atoms with Gasteiger partial charge in [-0.2, -0.15) is 12.6 Å². The molecule has 0 aliphatic carbocycles. The number of amides is 2. The van der Waals surface area contributed by atoms with Crippen LogP contribution in [0.2, 0.25) is 0 Å². The predicted molar refractivity (Wildman–Crippen MR) is 135 cm³/mol. The van der Waals surface area contributed by atoms with Crippen molar-refractivity contribution in [1.82, 2.24) is 25.1 Å². The molecule has 0 spiro atoms. The van der Waals surface area contributed by atoms with Gasteiger partial charge in [0.15, 0.2) is 0 Å². The molecule has 1 aromatic carbocycles. The first-order chi connectivity index (χ1) is 16.6. The van der Waals surface area contributed by atoms with Crippen LogP contribution < -0.4 is 5.32 Å². The molecule has 34 heavy (non-hydrogen) atoms. The van der Waals surface area contributed by atoms with Crippen molar-refractivity contribution in [1.29, 1.82) is 0 Å². The van der Waals surface area contributed by atoms with E-state index in [2.05, 4.69) is 54.7 Å². The SMILES string of the molecule is O=C1CCC(N2Cc3c(CN4CCC(c5ncnc6sccc56)CC4)cccc3C2S)C(=O)N1. The Morgan fingerprint density at radius 3 is 2.79 bits per heavy atom. The Balaban J connectivity index is 1.14. The molecule has 2 aromatic heterocycles. The molecule has 5 heterocycles. The molecule has 3 aliphatic heterocycles. The second kappa shape index (κ2) is 9.03. The number of benzene rings is 1. The Hall–Kier alpha value is -2.33. The molecule has 6 rings (SSSR count). The van der Waals surface area contributed by atoms with Gasteiger partial charge in [-0.1, -0.05) is 18.2 Å². The lowest BCUT2D eigenvalue weighted by molar-refractivity contribution is -0.137. The largest absolute Gasteiger partial charge is 0.299 e. The molecule has 3 aliphatic rings. The van der Waals surface area contributed by atoms with Crippen molar-refractivity contribution in [2.24, 2.45) is 0 Å². The Morgan fingerprint density at radius 1 is 1.12 bits per heavy atom. The summed E-state index contributed by atoms with van der Waals surface area (Å²) in [4.78, 5) is 38.8. The van der Waals surface area contributed by atoms with Crippen molar-refractivity contribution >= 4 is 46.0 Å². The number of piperidine rings is 2. The van der Waals surface area contributed by atoms with E-state index in [4.69, 9.17) is 12.6 Å². The topological polar surface area (TPSA) is 78.4 Å². The fraction of sp³-hybridized carbons (Fsp3) is 0.440. The minimum atomic E-state index is -0.307. The highest BCUT2D eigenvalue weighted by Crippen LogP contribution is 2.41. The number of nitrogens with one attached hydrogen (secondary N) is 1. The number of hydrogen-bond donors (Lipinski definition) is 2. The van der Waals surface area contributed by atoms with Crippen LogP contribution >= 0.6 is 24.0 Å². The van der Waals surface area contributed by atoms with Crippen molar-refractivity contribution in [3.8, 4) is 0 Å². The summed E-state index contributed by atoms with van der Waals surface area (Å²) in [5, 5.41) is 5.67. The summed E-state index contributed by atoms with van der Waals surface area (Å²) in [6, 6.07) is 8.27. The van der Waals surface area contributed by atoms with Gasteiger partial charge in [-0.3, -0.25) is 24.7 Å². The Bertz CT molecular complexity index is 1250. The monoisotopic (exact) mass is 493 g/mol. The van der Waals surface area contributed by atoms with Gasteiger partial charge in [-0.25, -0.2) is 9.97 Å². The third kappa shape index (κ3) is 3.94. The number of carbonyl (C=O) groups is 2. The van der Waals surface area contributed by atoms with Crippen LogP contribution in [0.4, 0.5) is 0 Å². The molecule has 7 nitrogen and oxygen atoms in total. The molecule has 2 fully saturated rings. The first kappa shape index (κ1) is 22.2. The van der Waals surface area contributed by atoms with Gasteiger partial charge in [0.25, 0.3) is 0 Å². The number of thiol groups is 1. The molecule has 2 saturated heterocycles. The zero-order chi connectivity index (χ0) is 23.2. The summed E-state index contributed by atoms with van der Waals surface area (Å²) in [7, 11) is 0. The van der Waals surface area contributed by atoms with Crippen LogP contribution in [0.5, 0.6) is 0 Å². The fourth-order valence-electron chi connectivity index (χ4n) is 5.70. The molecule has 2 unspecified atom stereocenters. The van der Waals surface area contributed by atoms with E-state index in [1.54, 1.807) is 17.7 Å². The number of fused-ring (bicyclic) bond motifs is 2. The maximum atomic E-state index is 12.5. The van der Waals surface area contributed by atoms with Crippen molar-refractivity contribution in [2.45, 2.75) is 56.1 Å². The van der Waals surface area contributed by atoms with E-state index in [0.717, 1.165) is 37.3 Å². The third-order valence-corrected chi connectivity index (χ3v) is 8.91. The summed E-state index contributed by atoms with van der Waals surface area (Å²) in [5.74, 6) is 0.0957. The molecule has 0 saturated carbocycles. The molecule has 0 bridgehead atoms. The number of thiophene rings is 1. The number of carbonyl (C=O) groups excluding carboxylic acids is 2. The minimum Gasteiger partial charge on any atom is -0.299 e. The lowest BCUT2D eigenvalue weighted by atomic mass is 9.91. The third-order valence-electron chi connectivity index (χ3n) is 7.51. The van der Waals surface area contributed by atoms with Crippen LogP contribution in [-0.4, -0.2) is 50.7 Å². The normalized spacial score (nSPS) is 24.5. The van der Waals surface area contributed by atoms with E-state index in [0.29, 0.717) is 25.3 Å². The van der Waals surface area contributed by atoms with Crippen LogP contribution in [0.1, 0.15) is 59.4 Å². The number of aromatic nitrogens is 2. The predicted octanol–water partition coefficient (Wildman–Crippen LogP) is 3.62. The molecule has 2 amide bonds. The van der Waals surface area contributed by atoms with Crippen LogP contribution in [0.25, 0.3) is 10.2 Å². The quantitative estimate of drug-likeness (QED) is 0.427. The number of rotatable bonds is 4. The minimum absolute atomic E-state index is 0.129. The molecular formula is C25H27N5O2S2. The zero-order valence-corrected chi connectivity index (χ0v) is 20.5. The number of likely N-dealkylation sites (tertiary alicyclic amines) is 1. The second-order valence-electron chi connectivity index (χ2n) is 9.45. The number of hydrogen-bond acceptors (Lipinski definition) is 8. The molecule has 3 aromatic rings. The van der Waals surface area contributed by atoms with Crippen LogP contribution in [-0.2, 0) is 22.7 Å². The summed E-state index contributed by atoms with van der Waals surface area (Å²) >= 11 is 6.54. The van der Waals surface area contributed by atoms with Crippen molar-refractivity contribution in [3.63, 3.8) is 0 Å². The van der Waals surface area contributed by atoms with Gasteiger partial charge in [-0.15, -0.1) is 11.3 Å². The van der Waals surface area contributed by atoms with E-state index < -0.39 is 0 Å². The van der Waals surface area contributed by atoms with E-state index in [1.807, 2.05) is 0 Å². The number of imide groups is 1. The Labute approximate surface area is 208 Å². The summed E-state index contributed by atoms with van der Waals surface area (Å²) in [6.45, 7) is 3.66. The zero-order valence-electron chi connectivity index (χ0n) is 18.8. The van der Waals surface area contributed by atoms with Gasteiger partial charge in [-0.05, 0) is 60.5 Å².